The van der Waals surface area contributed by atoms with Gasteiger partial charge in [-0.1, -0.05) is 30.0 Å². The summed E-state index contributed by atoms with van der Waals surface area (Å²) in [4.78, 5) is 48.2. The zero-order valence-electron chi connectivity index (χ0n) is 18.1. The van der Waals surface area contributed by atoms with Crippen LogP contribution in [0, 0.1) is 0 Å². The van der Waals surface area contributed by atoms with Crippen LogP contribution in [0.2, 0.25) is 0 Å². The van der Waals surface area contributed by atoms with E-state index in [4.69, 9.17) is 14.9 Å². The summed E-state index contributed by atoms with van der Waals surface area (Å²) in [6.45, 7) is 1.27. The number of amides is 2. The number of carboxylic acid groups (broad SMARTS) is 2. The van der Waals surface area contributed by atoms with Crippen molar-refractivity contribution in [2.24, 2.45) is 0 Å². The summed E-state index contributed by atoms with van der Waals surface area (Å²) in [6, 6.07) is 13.4. The lowest BCUT2D eigenvalue weighted by Gasteiger charge is -2.18. The first-order chi connectivity index (χ1) is 15.7. The molecule has 1 unspecified atom stereocenters. The van der Waals surface area contributed by atoms with Gasteiger partial charge in [-0.2, -0.15) is 0 Å². The molecule has 182 valence electrons. The molecule has 0 aliphatic carbocycles. The molecule has 2 heterocycles. The van der Waals surface area contributed by atoms with Crippen molar-refractivity contribution >= 4 is 57.6 Å². The van der Waals surface area contributed by atoms with Crippen LogP contribution in [0.5, 0.6) is 5.75 Å². The number of nitrogens with zero attached hydrogens (tertiary/aromatic N) is 2. The first kappa shape index (κ1) is 28.7. The molecule has 12 heteroatoms. The Morgan fingerprint density at radius 1 is 1.12 bits per heavy atom. The van der Waals surface area contributed by atoms with E-state index < -0.39 is 11.9 Å². The van der Waals surface area contributed by atoms with E-state index in [1.54, 1.807) is 6.20 Å². The van der Waals surface area contributed by atoms with Gasteiger partial charge in [0.1, 0.15) is 18.2 Å². The van der Waals surface area contributed by atoms with Crippen LogP contribution in [0.25, 0.3) is 0 Å². The van der Waals surface area contributed by atoms with E-state index in [0.717, 1.165) is 35.4 Å². The van der Waals surface area contributed by atoms with Crippen LogP contribution in [-0.2, 0) is 20.8 Å². The summed E-state index contributed by atoms with van der Waals surface area (Å²) in [5, 5.41) is 17.3. The Balaban J connectivity index is 0.000000556. The molecular formula is C22H24BrN3O7S. The molecule has 34 heavy (non-hydrogen) atoms. The number of thioether (sulfide) groups is 1. The second-order valence-electron chi connectivity index (χ2n) is 6.70. The van der Waals surface area contributed by atoms with E-state index >= 15 is 0 Å². The molecule has 0 radical (unpaired) electrons. The van der Waals surface area contributed by atoms with Crippen LogP contribution < -0.4 is 15.0 Å². The number of ether oxygens (including phenoxy) is 1. The Bertz CT molecular complexity index is 987. The van der Waals surface area contributed by atoms with Crippen LogP contribution in [0.4, 0.5) is 10.6 Å². The van der Waals surface area contributed by atoms with Crippen molar-refractivity contribution < 1.29 is 34.1 Å². The second kappa shape index (κ2) is 14.7. The molecule has 1 fully saturated rings. The number of hydrogen-bond donors (Lipinski definition) is 3. The fourth-order valence-corrected chi connectivity index (χ4v) is 3.46. The lowest BCUT2D eigenvalue weighted by molar-refractivity contribution is -0.134. The maximum absolute atomic E-state index is 11.6. The van der Waals surface area contributed by atoms with Gasteiger partial charge in [0.2, 0.25) is 5.91 Å². The summed E-state index contributed by atoms with van der Waals surface area (Å²) in [5.74, 6) is -1.05. The Kier molecular flexibility index (Phi) is 12.4. The van der Waals surface area contributed by atoms with Gasteiger partial charge in [-0.15, -0.1) is 17.0 Å². The van der Waals surface area contributed by atoms with Crippen LogP contribution in [0.15, 0.2) is 60.8 Å². The van der Waals surface area contributed by atoms with Crippen molar-refractivity contribution in [3.63, 3.8) is 0 Å². The number of likely N-dealkylation sites (N-methyl/N-ethyl adjacent to an activating group) is 1. The molecular weight excluding hydrogens is 530 g/mol. The largest absolute Gasteiger partial charge is 0.492 e. The van der Waals surface area contributed by atoms with E-state index in [2.05, 4.69) is 10.3 Å². The lowest BCUT2D eigenvalue weighted by Crippen LogP contribution is -2.25. The Labute approximate surface area is 210 Å². The number of nitrogens with one attached hydrogen (secondary N) is 1. The highest BCUT2D eigenvalue weighted by molar-refractivity contribution is 8.93. The number of aliphatic carboxylic acids is 2. The molecule has 0 spiro atoms. The molecule has 1 aliphatic heterocycles. The van der Waals surface area contributed by atoms with Crippen molar-refractivity contribution in [3.05, 3.63) is 66.4 Å². The number of carboxylic acids is 2. The third-order valence-electron chi connectivity index (χ3n) is 4.22. The normalized spacial score (nSPS) is 14.4. The number of imide groups is 1. The third kappa shape index (κ3) is 10.5. The highest BCUT2D eigenvalue weighted by atomic mass is 79.9. The summed E-state index contributed by atoms with van der Waals surface area (Å²) in [6.07, 6.45) is 3.41. The van der Waals surface area contributed by atoms with E-state index in [1.165, 1.54) is 0 Å². The van der Waals surface area contributed by atoms with Crippen LogP contribution in [-0.4, -0.2) is 63.7 Å². The van der Waals surface area contributed by atoms with Gasteiger partial charge in [0, 0.05) is 25.4 Å². The van der Waals surface area contributed by atoms with E-state index in [9.17, 15) is 19.2 Å². The van der Waals surface area contributed by atoms with Crippen LogP contribution in [0.3, 0.4) is 0 Å². The summed E-state index contributed by atoms with van der Waals surface area (Å²) >= 11 is 1.05. The minimum atomic E-state index is -1.26. The van der Waals surface area contributed by atoms with Gasteiger partial charge in [0.25, 0.3) is 5.24 Å². The monoisotopic (exact) mass is 553 g/mol. The Morgan fingerprint density at radius 3 is 2.26 bits per heavy atom. The smallest absolute Gasteiger partial charge is 0.328 e. The first-order valence-electron chi connectivity index (χ1n) is 9.74. The summed E-state index contributed by atoms with van der Waals surface area (Å²) < 4.78 is 5.75. The standard InChI is InChI=1S/C18H19N3O3S.C4H4O4.BrH/c1-21(16-4-2-3-9-19-16)10-11-24-14-7-5-13(6-8-14)12-15-17(22)20-18(23)25-15;5-3(6)1-2-4(7)8;/h2-9,15H,10-12H2,1H3,(H,20,22,23);1-2H,(H,5,6)(H,7,8);1H. The highest BCUT2D eigenvalue weighted by Gasteiger charge is 2.31. The number of carbonyl (C=O) groups excluding carboxylic acids is 2. The van der Waals surface area contributed by atoms with E-state index in [0.29, 0.717) is 25.2 Å². The van der Waals surface area contributed by atoms with Gasteiger partial charge in [-0.25, -0.2) is 14.6 Å². The number of anilines is 1. The Morgan fingerprint density at radius 2 is 1.76 bits per heavy atom. The molecule has 0 saturated carbocycles. The zero-order valence-corrected chi connectivity index (χ0v) is 20.6. The zero-order chi connectivity index (χ0) is 24.2. The number of rotatable bonds is 9. The van der Waals surface area contributed by atoms with Crippen molar-refractivity contribution in [2.45, 2.75) is 11.7 Å². The topological polar surface area (TPSA) is 146 Å². The summed E-state index contributed by atoms with van der Waals surface area (Å²) in [5.41, 5.74) is 1.00. The molecule has 3 N–H and O–H groups in total. The molecule has 1 aromatic heterocycles. The van der Waals surface area contributed by atoms with Crippen molar-refractivity contribution in [1.82, 2.24) is 10.3 Å². The van der Waals surface area contributed by atoms with Crippen molar-refractivity contribution in [3.8, 4) is 5.75 Å². The van der Waals surface area contributed by atoms with Gasteiger partial charge in [0.15, 0.2) is 0 Å². The molecule has 2 aromatic rings. The minimum absolute atomic E-state index is 0. The van der Waals surface area contributed by atoms with E-state index in [-0.39, 0.29) is 33.4 Å². The predicted molar refractivity (Wildman–Crippen MR) is 133 cm³/mol. The molecule has 1 aliphatic rings. The Hall–Kier alpha value is -3.38. The maximum Gasteiger partial charge on any atom is 0.328 e. The van der Waals surface area contributed by atoms with Gasteiger partial charge < -0.3 is 19.8 Å². The molecule has 10 nitrogen and oxygen atoms in total. The molecule has 1 aromatic carbocycles. The van der Waals surface area contributed by atoms with Crippen molar-refractivity contribution in [1.29, 1.82) is 0 Å². The van der Waals surface area contributed by atoms with Crippen LogP contribution in [0.1, 0.15) is 5.56 Å². The third-order valence-corrected chi connectivity index (χ3v) is 5.20. The quantitative estimate of drug-likeness (QED) is 0.396. The van der Waals surface area contributed by atoms with Crippen LogP contribution >= 0.6 is 28.7 Å². The average molecular weight is 554 g/mol. The molecule has 3 rings (SSSR count). The van der Waals surface area contributed by atoms with Gasteiger partial charge >= 0.3 is 11.9 Å². The number of halogens is 1. The SMILES string of the molecule is Br.CN(CCOc1ccc(CC2SC(=O)NC2=O)cc1)c1ccccn1.O=C(O)C=CC(=O)O. The lowest BCUT2D eigenvalue weighted by atomic mass is 10.1. The number of pyridine rings is 1. The van der Waals surface area contributed by atoms with Gasteiger partial charge in [-0.05, 0) is 36.2 Å². The second-order valence-corrected chi connectivity index (χ2v) is 7.87. The van der Waals surface area contributed by atoms with Gasteiger partial charge in [0.05, 0.1) is 11.8 Å². The van der Waals surface area contributed by atoms with Gasteiger partial charge in [-0.3, -0.25) is 14.9 Å². The maximum atomic E-state index is 11.6. The predicted octanol–water partition coefficient (Wildman–Crippen LogP) is 2.78. The fraction of sp³-hybridized carbons (Fsp3) is 0.227. The number of hydrogen-bond acceptors (Lipinski definition) is 8. The first-order valence-corrected chi connectivity index (χ1v) is 10.6. The number of aromatic nitrogens is 1. The summed E-state index contributed by atoms with van der Waals surface area (Å²) in [7, 11) is 1.97. The fourth-order valence-electron chi connectivity index (χ4n) is 2.60. The van der Waals surface area contributed by atoms with Crippen molar-refractivity contribution in [2.75, 3.05) is 25.1 Å². The molecule has 2 amide bonds. The number of benzene rings is 1. The van der Waals surface area contributed by atoms with E-state index in [1.807, 2.05) is 54.4 Å². The number of carbonyl (C=O) groups is 4. The minimum Gasteiger partial charge on any atom is -0.492 e. The highest BCUT2D eigenvalue weighted by Crippen LogP contribution is 2.23. The molecule has 0 bridgehead atoms. The molecule has 1 saturated heterocycles. The molecule has 1 atom stereocenters. The average Bonchev–Trinajstić information content (AvgIpc) is 3.11.